The quantitative estimate of drug-likeness (QED) is 0.484. The van der Waals surface area contributed by atoms with Gasteiger partial charge < -0.3 is 26.5 Å². The average molecular weight is 213 g/mol. The van der Waals surface area contributed by atoms with Crippen LogP contribution in [0.15, 0.2) is 11.1 Å². The molecule has 0 radical (unpaired) electrons. The maximum atomic E-state index is 11.1. The summed E-state index contributed by atoms with van der Waals surface area (Å²) in [7, 11) is 1.57. The molecule has 0 bridgehead atoms. The number of nitrogen functional groups attached to an aromatic ring is 1. The lowest BCUT2D eigenvalue weighted by Gasteiger charge is -2.16. The number of hydrogen-bond acceptors (Lipinski definition) is 6. The molecule has 0 aliphatic carbocycles. The first-order valence-corrected chi connectivity index (χ1v) is 4.47. The SMILES string of the molecule is COCC(CN)Nc1nc[nH]c(=O)c1N. The molecule has 0 aromatic carbocycles. The van der Waals surface area contributed by atoms with Crippen LogP contribution < -0.4 is 22.3 Å². The molecular weight excluding hydrogens is 198 g/mol. The summed E-state index contributed by atoms with van der Waals surface area (Å²) in [6.07, 6.45) is 1.28. The Morgan fingerprint density at radius 3 is 3.07 bits per heavy atom. The van der Waals surface area contributed by atoms with E-state index in [2.05, 4.69) is 15.3 Å². The number of hydrogen-bond donors (Lipinski definition) is 4. The van der Waals surface area contributed by atoms with Crippen molar-refractivity contribution in [1.29, 1.82) is 0 Å². The number of methoxy groups -OCH3 is 1. The summed E-state index contributed by atoms with van der Waals surface area (Å²) in [6.45, 7) is 0.784. The summed E-state index contributed by atoms with van der Waals surface area (Å²) < 4.78 is 4.94. The van der Waals surface area contributed by atoms with Gasteiger partial charge >= 0.3 is 0 Å². The lowest BCUT2D eigenvalue weighted by atomic mass is 10.3. The summed E-state index contributed by atoms with van der Waals surface area (Å²) in [4.78, 5) is 17.4. The second-order valence-corrected chi connectivity index (χ2v) is 3.03. The minimum absolute atomic E-state index is 0.0482. The van der Waals surface area contributed by atoms with Crippen molar-refractivity contribution in [2.24, 2.45) is 5.73 Å². The van der Waals surface area contributed by atoms with E-state index in [9.17, 15) is 4.79 Å². The molecule has 1 aromatic heterocycles. The number of nitrogens with one attached hydrogen (secondary N) is 2. The van der Waals surface area contributed by atoms with Crippen molar-refractivity contribution in [2.45, 2.75) is 6.04 Å². The van der Waals surface area contributed by atoms with Crippen molar-refractivity contribution in [2.75, 3.05) is 31.3 Å². The highest BCUT2D eigenvalue weighted by atomic mass is 16.5. The molecule has 0 amide bonds. The molecular formula is C8H15N5O2. The molecule has 1 unspecified atom stereocenters. The van der Waals surface area contributed by atoms with Crippen LogP contribution in [0.1, 0.15) is 0 Å². The Balaban J connectivity index is 2.79. The Morgan fingerprint density at radius 1 is 1.73 bits per heavy atom. The molecule has 15 heavy (non-hydrogen) atoms. The van der Waals surface area contributed by atoms with Gasteiger partial charge in [-0.1, -0.05) is 0 Å². The van der Waals surface area contributed by atoms with Gasteiger partial charge in [-0.2, -0.15) is 0 Å². The summed E-state index contributed by atoms with van der Waals surface area (Å²) in [5.74, 6) is 0.325. The largest absolute Gasteiger partial charge is 0.391 e. The number of ether oxygens (including phenoxy) is 1. The summed E-state index contributed by atoms with van der Waals surface area (Å²) in [5.41, 5.74) is 10.7. The Morgan fingerprint density at radius 2 is 2.47 bits per heavy atom. The summed E-state index contributed by atoms with van der Waals surface area (Å²) in [5, 5.41) is 2.93. The van der Waals surface area contributed by atoms with Gasteiger partial charge in [0.2, 0.25) is 0 Å². The van der Waals surface area contributed by atoms with Gasteiger partial charge in [-0.15, -0.1) is 0 Å². The third kappa shape index (κ3) is 2.93. The molecule has 0 saturated heterocycles. The third-order valence-corrected chi connectivity index (χ3v) is 1.88. The molecule has 1 aromatic rings. The molecule has 0 aliphatic rings. The predicted molar refractivity (Wildman–Crippen MR) is 57.6 cm³/mol. The molecule has 0 fully saturated rings. The predicted octanol–water partition coefficient (Wildman–Crippen LogP) is -1.26. The molecule has 0 aliphatic heterocycles. The van der Waals surface area contributed by atoms with Gasteiger partial charge in [0.25, 0.3) is 5.56 Å². The van der Waals surface area contributed by atoms with Crippen molar-refractivity contribution < 1.29 is 4.74 Å². The summed E-state index contributed by atoms with van der Waals surface area (Å²) >= 11 is 0. The van der Waals surface area contributed by atoms with Gasteiger partial charge in [0.05, 0.1) is 19.0 Å². The first kappa shape index (κ1) is 11.5. The van der Waals surface area contributed by atoms with Crippen LogP contribution in [0, 0.1) is 0 Å². The molecule has 0 saturated carbocycles. The zero-order valence-corrected chi connectivity index (χ0v) is 8.49. The maximum absolute atomic E-state index is 11.1. The van der Waals surface area contributed by atoms with Crippen LogP contribution in [0.3, 0.4) is 0 Å². The van der Waals surface area contributed by atoms with Crippen LogP contribution in [0.2, 0.25) is 0 Å². The van der Waals surface area contributed by atoms with Crippen molar-refractivity contribution in [3.63, 3.8) is 0 Å². The number of aromatic nitrogens is 2. The Labute approximate surface area is 86.8 Å². The van der Waals surface area contributed by atoms with Crippen molar-refractivity contribution in [1.82, 2.24) is 9.97 Å². The van der Waals surface area contributed by atoms with Gasteiger partial charge in [-0.05, 0) is 0 Å². The zero-order chi connectivity index (χ0) is 11.3. The fourth-order valence-electron chi connectivity index (χ4n) is 1.09. The van der Waals surface area contributed by atoms with E-state index in [4.69, 9.17) is 16.2 Å². The monoisotopic (exact) mass is 213 g/mol. The standard InChI is InChI=1S/C8H15N5O2/c1-15-3-5(2-9)13-7-6(10)8(14)12-4-11-7/h4-5H,2-3,9-10H2,1H3,(H2,11,12,13,14). The molecule has 1 rings (SSSR count). The Kier molecular flexibility index (Phi) is 4.07. The molecule has 1 atom stereocenters. The van der Waals surface area contributed by atoms with E-state index in [-0.39, 0.29) is 17.3 Å². The first-order valence-electron chi connectivity index (χ1n) is 4.47. The van der Waals surface area contributed by atoms with Crippen LogP contribution in [-0.4, -0.2) is 36.3 Å². The Hall–Kier alpha value is -1.60. The second-order valence-electron chi connectivity index (χ2n) is 3.03. The lowest BCUT2D eigenvalue weighted by Crippen LogP contribution is -2.34. The van der Waals surface area contributed by atoms with Gasteiger partial charge in [0.15, 0.2) is 5.82 Å². The van der Waals surface area contributed by atoms with Crippen LogP contribution in [0.25, 0.3) is 0 Å². The summed E-state index contributed by atoms with van der Waals surface area (Å²) in [6, 6.07) is -0.119. The molecule has 7 heteroatoms. The smallest absolute Gasteiger partial charge is 0.276 e. The van der Waals surface area contributed by atoms with Gasteiger partial charge in [-0.25, -0.2) is 4.98 Å². The van der Waals surface area contributed by atoms with E-state index in [1.807, 2.05) is 0 Å². The number of nitrogens with two attached hydrogens (primary N) is 2. The van der Waals surface area contributed by atoms with Crippen molar-refractivity contribution in [3.05, 3.63) is 16.7 Å². The van der Waals surface area contributed by atoms with E-state index in [1.165, 1.54) is 6.33 Å². The number of nitrogens with zero attached hydrogens (tertiary/aromatic N) is 1. The molecule has 7 nitrogen and oxygen atoms in total. The minimum atomic E-state index is -0.374. The maximum Gasteiger partial charge on any atom is 0.276 e. The molecule has 0 spiro atoms. The van der Waals surface area contributed by atoms with E-state index >= 15 is 0 Å². The first-order chi connectivity index (χ1) is 7.19. The van der Waals surface area contributed by atoms with Crippen LogP contribution in [0.4, 0.5) is 11.5 Å². The van der Waals surface area contributed by atoms with E-state index < -0.39 is 0 Å². The van der Waals surface area contributed by atoms with Gasteiger partial charge in [-0.3, -0.25) is 4.79 Å². The fraction of sp³-hybridized carbons (Fsp3) is 0.500. The zero-order valence-electron chi connectivity index (χ0n) is 8.49. The number of H-pyrrole nitrogens is 1. The highest BCUT2D eigenvalue weighted by molar-refractivity contribution is 5.59. The highest BCUT2D eigenvalue weighted by Crippen LogP contribution is 2.08. The highest BCUT2D eigenvalue weighted by Gasteiger charge is 2.10. The van der Waals surface area contributed by atoms with Crippen LogP contribution in [-0.2, 0) is 4.74 Å². The normalized spacial score (nSPS) is 12.4. The van der Waals surface area contributed by atoms with Crippen LogP contribution >= 0.6 is 0 Å². The Bertz CT molecular complexity index is 364. The third-order valence-electron chi connectivity index (χ3n) is 1.88. The number of anilines is 2. The lowest BCUT2D eigenvalue weighted by molar-refractivity contribution is 0.187. The molecule has 6 N–H and O–H groups in total. The van der Waals surface area contributed by atoms with E-state index in [0.717, 1.165) is 0 Å². The second kappa shape index (κ2) is 5.32. The van der Waals surface area contributed by atoms with Crippen LogP contribution in [0.5, 0.6) is 0 Å². The fourth-order valence-corrected chi connectivity index (χ4v) is 1.09. The average Bonchev–Trinajstić information content (AvgIpc) is 2.24. The number of rotatable bonds is 5. The van der Waals surface area contributed by atoms with Crippen molar-refractivity contribution >= 4 is 11.5 Å². The van der Waals surface area contributed by atoms with E-state index in [0.29, 0.717) is 19.0 Å². The van der Waals surface area contributed by atoms with Crippen molar-refractivity contribution in [3.8, 4) is 0 Å². The topological polar surface area (TPSA) is 119 Å². The van der Waals surface area contributed by atoms with Gasteiger partial charge in [0, 0.05) is 13.7 Å². The van der Waals surface area contributed by atoms with Gasteiger partial charge in [0.1, 0.15) is 5.69 Å². The van der Waals surface area contributed by atoms with E-state index in [1.54, 1.807) is 7.11 Å². The minimum Gasteiger partial charge on any atom is -0.391 e. The molecule has 84 valence electrons. The molecule has 1 heterocycles. The number of aromatic amines is 1.